The molecule has 0 aliphatic rings. The Labute approximate surface area is 110 Å². The fraction of sp³-hybridized carbons (Fsp3) is 0.308. The molecule has 0 bridgehead atoms. The third-order valence-electron chi connectivity index (χ3n) is 2.82. The number of halogens is 1. The second-order valence-corrected chi connectivity index (χ2v) is 5.79. The van der Waals surface area contributed by atoms with E-state index < -0.39 is 6.10 Å². The summed E-state index contributed by atoms with van der Waals surface area (Å²) in [7, 11) is 0. The second-order valence-electron chi connectivity index (χ2n) is 4.09. The molecule has 1 aromatic carbocycles. The van der Waals surface area contributed by atoms with E-state index in [0.29, 0.717) is 15.8 Å². The first-order valence-corrected chi connectivity index (χ1v) is 6.61. The monoisotopic (exact) mass is 267 g/mol. The first-order valence-electron chi connectivity index (χ1n) is 5.42. The van der Waals surface area contributed by atoms with Crippen LogP contribution in [0.3, 0.4) is 0 Å². The third-order valence-corrected chi connectivity index (χ3v) is 4.04. The van der Waals surface area contributed by atoms with Gasteiger partial charge in [-0.3, -0.25) is 0 Å². The number of benzene rings is 1. The van der Waals surface area contributed by atoms with E-state index in [2.05, 4.69) is 31.0 Å². The molecule has 1 unspecified atom stereocenters. The van der Waals surface area contributed by atoms with Gasteiger partial charge in [-0.05, 0) is 30.5 Å². The summed E-state index contributed by atoms with van der Waals surface area (Å²) in [6.07, 6.45) is 1.59. The summed E-state index contributed by atoms with van der Waals surface area (Å²) in [6, 6.07) is 6.15. The van der Waals surface area contributed by atoms with E-state index in [4.69, 9.17) is 11.6 Å². The lowest BCUT2D eigenvalue weighted by Crippen LogP contribution is -2.04. The Morgan fingerprint density at radius 1 is 1.35 bits per heavy atom. The van der Waals surface area contributed by atoms with Crippen molar-refractivity contribution in [3.05, 3.63) is 50.4 Å². The van der Waals surface area contributed by atoms with Crippen LogP contribution in [0.2, 0.25) is 4.34 Å². The SMILES string of the molecule is Cc1cccc(C)c1CC(O)c1ncc(Cl)s1. The summed E-state index contributed by atoms with van der Waals surface area (Å²) in [5.74, 6) is 0. The van der Waals surface area contributed by atoms with Crippen molar-refractivity contribution in [2.45, 2.75) is 26.4 Å². The van der Waals surface area contributed by atoms with Crippen molar-refractivity contribution in [1.82, 2.24) is 4.98 Å². The number of thiazole rings is 1. The van der Waals surface area contributed by atoms with Crippen LogP contribution in [0.5, 0.6) is 0 Å². The molecule has 1 heterocycles. The van der Waals surface area contributed by atoms with Gasteiger partial charge < -0.3 is 5.11 Å². The van der Waals surface area contributed by atoms with Crippen LogP contribution in [0.1, 0.15) is 27.8 Å². The van der Waals surface area contributed by atoms with E-state index in [1.54, 1.807) is 6.20 Å². The highest BCUT2D eigenvalue weighted by Crippen LogP contribution is 2.27. The smallest absolute Gasteiger partial charge is 0.123 e. The summed E-state index contributed by atoms with van der Waals surface area (Å²) in [4.78, 5) is 4.11. The summed E-state index contributed by atoms with van der Waals surface area (Å²) in [6.45, 7) is 4.12. The molecule has 0 spiro atoms. The summed E-state index contributed by atoms with van der Waals surface area (Å²) in [5.41, 5.74) is 3.59. The first-order chi connectivity index (χ1) is 8.08. The molecular weight excluding hydrogens is 254 g/mol. The molecule has 2 nitrogen and oxygen atoms in total. The van der Waals surface area contributed by atoms with Crippen molar-refractivity contribution < 1.29 is 5.11 Å². The predicted molar refractivity (Wildman–Crippen MR) is 71.7 cm³/mol. The van der Waals surface area contributed by atoms with E-state index in [9.17, 15) is 5.11 Å². The lowest BCUT2D eigenvalue weighted by Gasteiger charge is -2.12. The predicted octanol–water partition coefficient (Wildman–Crippen LogP) is 3.69. The number of aromatic nitrogens is 1. The number of rotatable bonds is 3. The van der Waals surface area contributed by atoms with Crippen molar-refractivity contribution >= 4 is 22.9 Å². The van der Waals surface area contributed by atoms with Crippen LogP contribution in [-0.4, -0.2) is 10.1 Å². The Kier molecular flexibility index (Phi) is 3.82. The van der Waals surface area contributed by atoms with Gasteiger partial charge in [0, 0.05) is 6.42 Å². The van der Waals surface area contributed by atoms with Crippen LogP contribution in [-0.2, 0) is 6.42 Å². The lowest BCUT2D eigenvalue weighted by atomic mass is 9.98. The quantitative estimate of drug-likeness (QED) is 0.920. The van der Waals surface area contributed by atoms with Crippen LogP contribution in [0.4, 0.5) is 0 Å². The van der Waals surface area contributed by atoms with Crippen molar-refractivity contribution in [3.63, 3.8) is 0 Å². The van der Waals surface area contributed by atoms with E-state index in [1.807, 2.05) is 6.07 Å². The highest BCUT2D eigenvalue weighted by molar-refractivity contribution is 7.15. The average molecular weight is 268 g/mol. The van der Waals surface area contributed by atoms with Gasteiger partial charge in [0.05, 0.1) is 6.20 Å². The molecule has 2 aromatic rings. The zero-order valence-electron chi connectivity index (χ0n) is 9.77. The molecule has 2 rings (SSSR count). The molecule has 0 amide bonds. The van der Waals surface area contributed by atoms with Crippen molar-refractivity contribution in [1.29, 1.82) is 0 Å². The molecule has 0 fully saturated rings. The molecule has 0 radical (unpaired) electrons. The number of hydrogen-bond donors (Lipinski definition) is 1. The van der Waals surface area contributed by atoms with Gasteiger partial charge in [-0.1, -0.05) is 29.8 Å². The van der Waals surface area contributed by atoms with Crippen LogP contribution in [0.25, 0.3) is 0 Å². The van der Waals surface area contributed by atoms with Gasteiger partial charge >= 0.3 is 0 Å². The van der Waals surface area contributed by atoms with E-state index in [0.717, 1.165) is 0 Å². The number of nitrogens with zero attached hydrogens (tertiary/aromatic N) is 1. The topological polar surface area (TPSA) is 33.1 Å². The molecule has 0 saturated carbocycles. The van der Waals surface area contributed by atoms with Gasteiger partial charge in [0.1, 0.15) is 15.4 Å². The Morgan fingerprint density at radius 3 is 2.53 bits per heavy atom. The Hall–Kier alpha value is -0.900. The van der Waals surface area contributed by atoms with E-state index >= 15 is 0 Å². The Morgan fingerprint density at radius 2 is 2.00 bits per heavy atom. The zero-order valence-corrected chi connectivity index (χ0v) is 11.3. The Bertz CT molecular complexity index is 504. The minimum Gasteiger partial charge on any atom is -0.386 e. The van der Waals surface area contributed by atoms with Gasteiger partial charge in [0.25, 0.3) is 0 Å². The lowest BCUT2D eigenvalue weighted by molar-refractivity contribution is 0.177. The summed E-state index contributed by atoms with van der Waals surface area (Å²) in [5, 5.41) is 10.8. The van der Waals surface area contributed by atoms with Crippen LogP contribution < -0.4 is 0 Å². The molecule has 17 heavy (non-hydrogen) atoms. The summed E-state index contributed by atoms with van der Waals surface area (Å²) >= 11 is 7.15. The molecule has 4 heteroatoms. The van der Waals surface area contributed by atoms with Crippen LogP contribution in [0, 0.1) is 13.8 Å². The van der Waals surface area contributed by atoms with Gasteiger partial charge in [-0.15, -0.1) is 11.3 Å². The van der Waals surface area contributed by atoms with Gasteiger partial charge in [-0.25, -0.2) is 4.98 Å². The molecule has 0 aliphatic heterocycles. The van der Waals surface area contributed by atoms with Crippen molar-refractivity contribution in [3.8, 4) is 0 Å². The van der Waals surface area contributed by atoms with Gasteiger partial charge in [-0.2, -0.15) is 0 Å². The Balaban J connectivity index is 2.21. The van der Waals surface area contributed by atoms with Crippen LogP contribution in [0.15, 0.2) is 24.4 Å². The number of aliphatic hydroxyl groups is 1. The fourth-order valence-electron chi connectivity index (χ4n) is 1.87. The largest absolute Gasteiger partial charge is 0.386 e. The standard InChI is InChI=1S/C13H14ClNOS/c1-8-4-3-5-9(2)10(8)6-11(16)13-15-7-12(14)17-13/h3-5,7,11,16H,6H2,1-2H3. The zero-order chi connectivity index (χ0) is 12.4. The third kappa shape index (κ3) is 2.86. The van der Waals surface area contributed by atoms with Crippen molar-refractivity contribution in [2.75, 3.05) is 0 Å². The molecule has 0 saturated heterocycles. The van der Waals surface area contributed by atoms with Crippen molar-refractivity contribution in [2.24, 2.45) is 0 Å². The number of hydrogen-bond acceptors (Lipinski definition) is 3. The molecule has 1 aromatic heterocycles. The normalized spacial score (nSPS) is 12.7. The molecule has 0 aliphatic carbocycles. The van der Waals surface area contributed by atoms with Gasteiger partial charge in [0.15, 0.2) is 0 Å². The highest BCUT2D eigenvalue weighted by atomic mass is 35.5. The maximum atomic E-state index is 10.1. The fourth-order valence-corrected chi connectivity index (χ4v) is 2.79. The maximum Gasteiger partial charge on any atom is 0.123 e. The highest BCUT2D eigenvalue weighted by Gasteiger charge is 2.15. The average Bonchev–Trinajstić information content (AvgIpc) is 2.70. The van der Waals surface area contributed by atoms with E-state index in [-0.39, 0.29) is 0 Å². The van der Waals surface area contributed by atoms with Gasteiger partial charge in [0.2, 0.25) is 0 Å². The number of aliphatic hydroxyl groups excluding tert-OH is 1. The molecular formula is C13H14ClNOS. The molecule has 1 N–H and O–H groups in total. The molecule has 90 valence electrons. The summed E-state index contributed by atoms with van der Waals surface area (Å²) < 4.78 is 0.612. The minimum atomic E-state index is -0.577. The first kappa shape index (κ1) is 12.6. The van der Waals surface area contributed by atoms with Crippen LogP contribution >= 0.6 is 22.9 Å². The maximum absolute atomic E-state index is 10.1. The molecule has 1 atom stereocenters. The minimum absolute atomic E-state index is 0.577. The second kappa shape index (κ2) is 5.17. The number of aryl methyl sites for hydroxylation is 2. The van der Waals surface area contributed by atoms with E-state index in [1.165, 1.54) is 28.0 Å².